The van der Waals surface area contributed by atoms with Crippen molar-refractivity contribution < 1.29 is 4.74 Å². The molecular weight excluding hydrogens is 288 g/mol. The highest BCUT2D eigenvalue weighted by atomic mass is 16.5. The smallest absolute Gasteiger partial charge is 0.135 e. The summed E-state index contributed by atoms with van der Waals surface area (Å²) in [5, 5.41) is 0. The first kappa shape index (κ1) is 16.7. The van der Waals surface area contributed by atoms with Crippen molar-refractivity contribution in [1.82, 2.24) is 14.9 Å². The number of aryl methyl sites for hydroxylation is 1. The summed E-state index contributed by atoms with van der Waals surface area (Å²) in [5.41, 5.74) is 2.60. The Hall–Kier alpha value is -1.20. The standard InChI is InChI=1S/C18H30N4O/c1-14-19-17-9-11-21(2)10-8-16(17)18(20-14)22(3)12-7-15-6-4-5-13-23-15/h15H,4-13H2,1-3H3/t15-/m0/s1. The molecule has 5 nitrogen and oxygen atoms in total. The predicted octanol–water partition coefficient (Wildman–Crippen LogP) is 2.21. The third-order valence-electron chi connectivity index (χ3n) is 5.08. The molecule has 0 bridgehead atoms. The molecule has 1 saturated heterocycles. The van der Waals surface area contributed by atoms with Gasteiger partial charge in [0.05, 0.1) is 11.8 Å². The first-order valence-electron chi connectivity index (χ1n) is 9.01. The first-order valence-corrected chi connectivity index (χ1v) is 9.01. The number of nitrogens with zero attached hydrogens (tertiary/aromatic N) is 4. The van der Waals surface area contributed by atoms with Gasteiger partial charge in [0, 0.05) is 45.3 Å². The highest BCUT2D eigenvalue weighted by Crippen LogP contribution is 2.25. The fourth-order valence-electron chi connectivity index (χ4n) is 3.61. The van der Waals surface area contributed by atoms with Crippen LogP contribution in [-0.2, 0) is 17.6 Å². The molecule has 2 aliphatic rings. The van der Waals surface area contributed by atoms with E-state index in [4.69, 9.17) is 14.7 Å². The van der Waals surface area contributed by atoms with Gasteiger partial charge in [-0.25, -0.2) is 9.97 Å². The largest absolute Gasteiger partial charge is 0.378 e. The number of rotatable bonds is 4. The van der Waals surface area contributed by atoms with E-state index in [1.165, 1.54) is 30.5 Å². The van der Waals surface area contributed by atoms with Gasteiger partial charge in [0.1, 0.15) is 11.6 Å². The SMILES string of the molecule is Cc1nc2c(c(N(C)CC[C@@H]3CCCCO3)n1)CCN(C)CC2. The van der Waals surface area contributed by atoms with Gasteiger partial charge in [-0.05, 0) is 46.1 Å². The van der Waals surface area contributed by atoms with E-state index in [-0.39, 0.29) is 0 Å². The summed E-state index contributed by atoms with van der Waals surface area (Å²) in [4.78, 5) is 14.2. The van der Waals surface area contributed by atoms with Gasteiger partial charge in [-0.1, -0.05) is 0 Å². The molecule has 0 spiro atoms. The number of hydrogen-bond donors (Lipinski definition) is 0. The average molecular weight is 318 g/mol. The van der Waals surface area contributed by atoms with E-state index >= 15 is 0 Å². The topological polar surface area (TPSA) is 41.5 Å². The summed E-state index contributed by atoms with van der Waals surface area (Å²) in [5.74, 6) is 2.03. The number of ether oxygens (including phenoxy) is 1. The molecule has 5 heteroatoms. The zero-order valence-corrected chi connectivity index (χ0v) is 14.8. The molecule has 0 unspecified atom stereocenters. The van der Waals surface area contributed by atoms with Gasteiger partial charge in [-0.3, -0.25) is 0 Å². The Morgan fingerprint density at radius 2 is 2.04 bits per heavy atom. The Morgan fingerprint density at radius 1 is 1.22 bits per heavy atom. The first-order chi connectivity index (χ1) is 11.1. The van der Waals surface area contributed by atoms with Crippen molar-refractivity contribution in [2.24, 2.45) is 0 Å². The Kier molecular flexibility index (Phi) is 5.49. The zero-order chi connectivity index (χ0) is 16.2. The molecule has 1 aromatic rings. The Balaban J connectivity index is 1.71. The Morgan fingerprint density at radius 3 is 2.83 bits per heavy atom. The monoisotopic (exact) mass is 318 g/mol. The summed E-state index contributed by atoms with van der Waals surface area (Å²) in [6.07, 6.45) is 7.33. The molecule has 0 saturated carbocycles. The fourth-order valence-corrected chi connectivity index (χ4v) is 3.61. The maximum absolute atomic E-state index is 5.87. The van der Waals surface area contributed by atoms with Crippen LogP contribution in [0.1, 0.15) is 42.8 Å². The molecule has 128 valence electrons. The predicted molar refractivity (Wildman–Crippen MR) is 93.2 cm³/mol. The summed E-state index contributed by atoms with van der Waals surface area (Å²) in [6, 6.07) is 0. The summed E-state index contributed by atoms with van der Waals surface area (Å²) >= 11 is 0. The lowest BCUT2D eigenvalue weighted by Crippen LogP contribution is -2.28. The molecular formula is C18H30N4O. The maximum Gasteiger partial charge on any atom is 0.135 e. The van der Waals surface area contributed by atoms with Crippen molar-refractivity contribution in [2.45, 2.75) is 51.6 Å². The van der Waals surface area contributed by atoms with Crippen molar-refractivity contribution in [3.8, 4) is 0 Å². The van der Waals surface area contributed by atoms with Gasteiger partial charge >= 0.3 is 0 Å². The highest BCUT2D eigenvalue weighted by Gasteiger charge is 2.21. The van der Waals surface area contributed by atoms with Crippen molar-refractivity contribution in [2.75, 3.05) is 45.2 Å². The van der Waals surface area contributed by atoms with Crippen LogP contribution in [0.5, 0.6) is 0 Å². The van der Waals surface area contributed by atoms with Crippen LogP contribution in [-0.4, -0.2) is 61.3 Å². The summed E-state index contributed by atoms with van der Waals surface area (Å²) in [7, 11) is 4.36. The molecule has 0 aliphatic carbocycles. The van der Waals surface area contributed by atoms with Gasteiger partial charge in [0.2, 0.25) is 0 Å². The van der Waals surface area contributed by atoms with Crippen LogP contribution < -0.4 is 4.90 Å². The van der Waals surface area contributed by atoms with Crippen LogP contribution in [0.15, 0.2) is 0 Å². The normalized spacial score (nSPS) is 22.5. The molecule has 23 heavy (non-hydrogen) atoms. The van der Waals surface area contributed by atoms with Gasteiger partial charge < -0.3 is 14.5 Å². The highest BCUT2D eigenvalue weighted by molar-refractivity contribution is 5.49. The number of aromatic nitrogens is 2. The fraction of sp³-hybridized carbons (Fsp3) is 0.778. The van der Waals surface area contributed by atoms with E-state index in [1.54, 1.807) is 0 Å². The zero-order valence-electron chi connectivity index (χ0n) is 14.8. The second-order valence-electron chi connectivity index (χ2n) is 7.02. The second-order valence-corrected chi connectivity index (χ2v) is 7.02. The minimum absolute atomic E-state index is 0.430. The van der Waals surface area contributed by atoms with Crippen LogP contribution in [0.2, 0.25) is 0 Å². The number of fused-ring (bicyclic) bond motifs is 1. The van der Waals surface area contributed by atoms with Crippen LogP contribution >= 0.6 is 0 Å². The van der Waals surface area contributed by atoms with Crippen molar-refractivity contribution in [1.29, 1.82) is 0 Å². The van der Waals surface area contributed by atoms with E-state index in [9.17, 15) is 0 Å². The molecule has 3 rings (SSSR count). The van der Waals surface area contributed by atoms with Crippen LogP contribution in [0.3, 0.4) is 0 Å². The maximum atomic E-state index is 5.87. The van der Waals surface area contributed by atoms with Gasteiger partial charge in [0.25, 0.3) is 0 Å². The van der Waals surface area contributed by atoms with Crippen LogP contribution in [0.4, 0.5) is 5.82 Å². The molecule has 0 amide bonds. The minimum Gasteiger partial charge on any atom is -0.378 e. The lowest BCUT2D eigenvalue weighted by molar-refractivity contribution is 0.0126. The van der Waals surface area contributed by atoms with E-state index < -0.39 is 0 Å². The third kappa shape index (κ3) is 4.21. The van der Waals surface area contributed by atoms with E-state index in [0.29, 0.717) is 6.10 Å². The number of hydrogen-bond acceptors (Lipinski definition) is 5. The van der Waals surface area contributed by atoms with Gasteiger partial charge in [0.15, 0.2) is 0 Å². The Bertz CT molecular complexity index is 528. The van der Waals surface area contributed by atoms with E-state index in [1.807, 2.05) is 6.92 Å². The molecule has 1 atom stereocenters. The van der Waals surface area contributed by atoms with Crippen LogP contribution in [0.25, 0.3) is 0 Å². The molecule has 1 aromatic heterocycles. The van der Waals surface area contributed by atoms with Gasteiger partial charge in [-0.15, -0.1) is 0 Å². The summed E-state index contributed by atoms with van der Waals surface area (Å²) < 4.78 is 5.87. The van der Waals surface area contributed by atoms with Gasteiger partial charge in [-0.2, -0.15) is 0 Å². The lowest BCUT2D eigenvalue weighted by Gasteiger charge is -2.27. The second kappa shape index (κ2) is 7.58. The quantitative estimate of drug-likeness (QED) is 0.851. The molecule has 2 aliphatic heterocycles. The molecule has 1 fully saturated rings. The van der Waals surface area contributed by atoms with E-state index in [2.05, 4.69) is 23.9 Å². The van der Waals surface area contributed by atoms with Crippen molar-refractivity contribution in [3.05, 3.63) is 17.1 Å². The molecule has 0 aromatic carbocycles. The van der Waals surface area contributed by atoms with Crippen LogP contribution in [0, 0.1) is 6.92 Å². The van der Waals surface area contributed by atoms with E-state index in [0.717, 1.165) is 57.1 Å². The van der Waals surface area contributed by atoms with Crippen molar-refractivity contribution in [3.63, 3.8) is 0 Å². The average Bonchev–Trinajstić information content (AvgIpc) is 2.75. The number of anilines is 1. The summed E-state index contributed by atoms with van der Waals surface area (Å²) in [6.45, 7) is 6.12. The Labute approximate surface area is 140 Å². The molecule has 3 heterocycles. The minimum atomic E-state index is 0.430. The number of likely N-dealkylation sites (N-methyl/N-ethyl adjacent to an activating group) is 1. The third-order valence-corrected chi connectivity index (χ3v) is 5.08. The lowest BCUT2D eigenvalue weighted by atomic mass is 10.1. The molecule has 0 radical (unpaired) electrons. The molecule has 0 N–H and O–H groups in total. The van der Waals surface area contributed by atoms with Crippen molar-refractivity contribution >= 4 is 5.82 Å².